The largest absolute Gasteiger partial charge is 0.339 e. The zero-order valence-corrected chi connectivity index (χ0v) is 28.0. The zero-order chi connectivity index (χ0) is 31.8. The number of piperazine rings is 1. The molecule has 0 radical (unpaired) electrons. The number of benzene rings is 2. The number of nitrogens with zero attached hydrogens (tertiary/aromatic N) is 4. The molecule has 0 bridgehead atoms. The van der Waals surface area contributed by atoms with Crippen LogP contribution in [0.3, 0.4) is 0 Å². The number of hydrogen-bond acceptors (Lipinski definition) is 8. The summed E-state index contributed by atoms with van der Waals surface area (Å²) in [5.41, 5.74) is 1.89. The van der Waals surface area contributed by atoms with Crippen molar-refractivity contribution in [3.05, 3.63) is 81.6 Å². The predicted molar refractivity (Wildman–Crippen MR) is 189 cm³/mol. The molecular weight excluding hydrogens is 645 g/mol. The van der Waals surface area contributed by atoms with Gasteiger partial charge in [-0.15, -0.1) is 0 Å². The molecule has 8 nitrogen and oxygen atoms in total. The van der Waals surface area contributed by atoms with Crippen LogP contribution in [-0.2, 0) is 19.2 Å². The molecule has 2 aromatic rings. The Hall–Kier alpha value is -3.32. The average Bonchev–Trinajstić information content (AvgIpc) is 3.47. The highest BCUT2D eigenvalue weighted by atomic mass is 32.2. The van der Waals surface area contributed by atoms with E-state index < -0.39 is 0 Å². The minimum absolute atomic E-state index is 0.0440. The van der Waals surface area contributed by atoms with Crippen molar-refractivity contribution in [2.75, 3.05) is 39.3 Å². The summed E-state index contributed by atoms with van der Waals surface area (Å²) in [6, 6.07) is 19.3. The van der Waals surface area contributed by atoms with Gasteiger partial charge in [0.2, 0.25) is 11.8 Å². The van der Waals surface area contributed by atoms with E-state index >= 15 is 0 Å². The van der Waals surface area contributed by atoms with Gasteiger partial charge in [-0.25, -0.2) is 0 Å². The van der Waals surface area contributed by atoms with E-state index in [1.807, 2.05) is 77.7 Å². The molecule has 45 heavy (non-hydrogen) atoms. The molecule has 3 saturated heterocycles. The number of amides is 4. The molecule has 2 aromatic carbocycles. The molecule has 0 unspecified atom stereocenters. The fourth-order valence-corrected chi connectivity index (χ4v) is 7.86. The lowest BCUT2D eigenvalue weighted by molar-refractivity contribution is -0.140. The topological polar surface area (TPSA) is 81.2 Å². The van der Waals surface area contributed by atoms with Gasteiger partial charge >= 0.3 is 0 Å². The second-order valence-corrected chi connectivity index (χ2v) is 14.2. The molecule has 0 atom stereocenters. The van der Waals surface area contributed by atoms with Gasteiger partial charge in [0.1, 0.15) is 8.64 Å². The van der Waals surface area contributed by atoms with Gasteiger partial charge in [-0.05, 0) is 36.1 Å². The van der Waals surface area contributed by atoms with Crippen molar-refractivity contribution >= 4 is 92.4 Å². The van der Waals surface area contributed by atoms with Crippen molar-refractivity contribution in [2.45, 2.75) is 32.1 Å². The number of thiocarbonyl (C=S) groups is 2. The van der Waals surface area contributed by atoms with E-state index in [4.69, 9.17) is 24.4 Å². The second-order valence-electron chi connectivity index (χ2n) is 10.8. The van der Waals surface area contributed by atoms with Gasteiger partial charge in [0, 0.05) is 52.1 Å². The summed E-state index contributed by atoms with van der Waals surface area (Å²) in [6.45, 7) is 2.73. The molecule has 0 saturated carbocycles. The Morgan fingerprint density at radius 3 is 1.56 bits per heavy atom. The van der Waals surface area contributed by atoms with Crippen LogP contribution < -0.4 is 0 Å². The Morgan fingerprint density at radius 2 is 1.07 bits per heavy atom. The highest BCUT2D eigenvalue weighted by Crippen LogP contribution is 2.33. The van der Waals surface area contributed by atoms with Gasteiger partial charge in [0.25, 0.3) is 11.8 Å². The minimum Gasteiger partial charge on any atom is -0.339 e. The van der Waals surface area contributed by atoms with Crippen LogP contribution in [0.1, 0.15) is 43.2 Å². The van der Waals surface area contributed by atoms with Crippen LogP contribution in [0.2, 0.25) is 0 Å². The summed E-state index contributed by atoms with van der Waals surface area (Å²) in [4.78, 5) is 59.3. The van der Waals surface area contributed by atoms with E-state index in [1.165, 1.54) is 28.4 Å². The first-order valence-electron chi connectivity index (χ1n) is 15.0. The summed E-state index contributed by atoms with van der Waals surface area (Å²) >= 11 is 13.4. The van der Waals surface area contributed by atoms with Crippen molar-refractivity contribution in [1.82, 2.24) is 19.6 Å². The molecule has 12 heteroatoms. The zero-order valence-electron chi connectivity index (χ0n) is 24.8. The first kappa shape index (κ1) is 33.1. The van der Waals surface area contributed by atoms with Gasteiger partial charge < -0.3 is 9.80 Å². The summed E-state index contributed by atoms with van der Waals surface area (Å²) in [5.74, 6) is -0.190. The third-order valence-corrected chi connectivity index (χ3v) is 10.5. The van der Waals surface area contributed by atoms with Crippen LogP contribution in [0.5, 0.6) is 0 Å². The standard InChI is InChI=1S/C33H34N4O4S4/c38-28(14-8-3-9-16-36-30(40)26(44-32(36)42)22-24-10-4-1-5-11-24)34-18-20-35(21-19-34)29(39)15-17-37-31(41)27(45-33(37)43)23-25-12-6-2-7-13-25/h1-2,4-7,10-13,22-23H,3,8-9,14-21H2. The lowest BCUT2D eigenvalue weighted by Crippen LogP contribution is -2.51. The second kappa shape index (κ2) is 15.8. The van der Waals surface area contributed by atoms with E-state index in [2.05, 4.69) is 0 Å². The first-order chi connectivity index (χ1) is 21.8. The predicted octanol–water partition coefficient (Wildman–Crippen LogP) is 5.41. The van der Waals surface area contributed by atoms with E-state index in [1.54, 1.807) is 9.80 Å². The normalized spacial score (nSPS) is 19.0. The Bertz CT molecular complexity index is 1520. The van der Waals surface area contributed by atoms with Crippen LogP contribution in [0, 0.1) is 0 Å². The molecular formula is C33H34N4O4S4. The van der Waals surface area contributed by atoms with Crippen molar-refractivity contribution in [3.63, 3.8) is 0 Å². The first-order valence-corrected chi connectivity index (χ1v) is 17.4. The molecule has 5 rings (SSSR count). The van der Waals surface area contributed by atoms with Crippen molar-refractivity contribution < 1.29 is 19.2 Å². The molecule has 0 N–H and O–H groups in total. The van der Waals surface area contributed by atoms with E-state index in [0.29, 0.717) is 57.6 Å². The van der Waals surface area contributed by atoms with Crippen LogP contribution in [-0.4, -0.2) is 91.1 Å². The van der Waals surface area contributed by atoms with Crippen molar-refractivity contribution in [3.8, 4) is 0 Å². The maximum atomic E-state index is 12.9. The lowest BCUT2D eigenvalue weighted by atomic mass is 10.1. The SMILES string of the molecule is O=C(CCCCCN1C(=O)C(=Cc2ccccc2)SC1=S)N1CCN(C(=O)CCN2C(=O)C(=Cc3ccccc3)SC2=S)CC1. The van der Waals surface area contributed by atoms with E-state index in [9.17, 15) is 19.2 Å². The fraction of sp³-hybridized carbons (Fsp3) is 0.333. The van der Waals surface area contributed by atoms with Crippen molar-refractivity contribution in [1.29, 1.82) is 0 Å². The maximum Gasteiger partial charge on any atom is 0.266 e. The molecule has 3 fully saturated rings. The Balaban J connectivity index is 0.976. The molecule has 3 aliphatic rings. The Kier molecular flexibility index (Phi) is 11.6. The van der Waals surface area contributed by atoms with Gasteiger partial charge in [-0.1, -0.05) is 115 Å². The molecule has 3 heterocycles. The molecule has 4 amide bonds. The average molecular weight is 679 g/mol. The quantitative estimate of drug-likeness (QED) is 0.177. The minimum atomic E-state index is -0.171. The summed E-state index contributed by atoms with van der Waals surface area (Å²) in [5, 5.41) is 0. The fourth-order valence-electron chi connectivity index (χ4n) is 5.24. The Morgan fingerprint density at radius 1 is 0.622 bits per heavy atom. The van der Waals surface area contributed by atoms with Crippen LogP contribution in [0.25, 0.3) is 12.2 Å². The third-order valence-electron chi connectivity index (χ3n) is 7.75. The third kappa shape index (κ3) is 8.69. The number of hydrogen-bond donors (Lipinski definition) is 0. The summed E-state index contributed by atoms with van der Waals surface area (Å²) in [6.07, 6.45) is 6.63. The Labute approximate surface area is 282 Å². The van der Waals surface area contributed by atoms with Crippen LogP contribution in [0.15, 0.2) is 70.5 Å². The highest BCUT2D eigenvalue weighted by molar-refractivity contribution is 8.27. The highest BCUT2D eigenvalue weighted by Gasteiger charge is 2.33. The van der Waals surface area contributed by atoms with E-state index in [-0.39, 0.29) is 36.6 Å². The number of carbonyl (C=O) groups excluding carboxylic acids is 4. The van der Waals surface area contributed by atoms with Crippen molar-refractivity contribution in [2.24, 2.45) is 0 Å². The van der Waals surface area contributed by atoms with Gasteiger partial charge in [-0.2, -0.15) is 0 Å². The smallest absolute Gasteiger partial charge is 0.266 e. The van der Waals surface area contributed by atoms with Crippen LogP contribution in [0.4, 0.5) is 0 Å². The summed E-state index contributed by atoms with van der Waals surface area (Å²) in [7, 11) is 0. The molecule has 3 aliphatic heterocycles. The molecule has 0 aromatic heterocycles. The molecule has 234 valence electrons. The van der Waals surface area contributed by atoms with Gasteiger partial charge in [0.05, 0.1) is 9.81 Å². The molecule has 0 spiro atoms. The number of carbonyl (C=O) groups is 4. The van der Waals surface area contributed by atoms with Gasteiger partial charge in [-0.3, -0.25) is 29.0 Å². The van der Waals surface area contributed by atoms with Crippen LogP contribution >= 0.6 is 48.0 Å². The van der Waals surface area contributed by atoms with Gasteiger partial charge in [0.15, 0.2) is 0 Å². The van der Waals surface area contributed by atoms with E-state index in [0.717, 1.165) is 30.4 Å². The monoisotopic (exact) mass is 678 g/mol. The summed E-state index contributed by atoms with van der Waals surface area (Å²) < 4.78 is 1.03. The number of thioether (sulfide) groups is 2. The maximum absolute atomic E-state index is 12.9. The molecule has 0 aliphatic carbocycles. The number of unbranched alkanes of at least 4 members (excludes halogenated alkanes) is 2. The number of rotatable bonds is 11. The lowest BCUT2D eigenvalue weighted by Gasteiger charge is -2.35.